The van der Waals surface area contributed by atoms with Crippen molar-refractivity contribution in [3.05, 3.63) is 83.9 Å². The molecular weight excluding hydrogens is 248 g/mol. The number of hydrogen-bond acceptors (Lipinski definition) is 2. The summed E-state index contributed by atoms with van der Waals surface area (Å²) in [6.07, 6.45) is 0.597. The molecule has 2 aromatic rings. The van der Waals surface area contributed by atoms with E-state index in [1.54, 1.807) is 0 Å². The molecule has 1 heterocycles. The quantitative estimate of drug-likeness (QED) is 0.613. The smallest absolute Gasteiger partial charge is 0.321 e. The van der Waals surface area contributed by atoms with Gasteiger partial charge in [-0.2, -0.15) is 0 Å². The minimum Gasteiger partial charge on any atom is -0.460 e. The number of ether oxygens (including phenoxy) is 1. The Morgan fingerprint density at radius 1 is 0.900 bits per heavy atom. The summed E-state index contributed by atoms with van der Waals surface area (Å²) >= 11 is 0. The van der Waals surface area contributed by atoms with E-state index >= 15 is 0 Å². The van der Waals surface area contributed by atoms with Gasteiger partial charge < -0.3 is 4.74 Å². The number of carbonyl (C=O) groups is 1. The maximum Gasteiger partial charge on any atom is 0.321 e. The van der Waals surface area contributed by atoms with E-state index in [4.69, 9.17) is 4.74 Å². The number of rotatable bonds is 2. The molecule has 3 rings (SSSR count). The molecular formula is C18H16O2. The van der Waals surface area contributed by atoms with Gasteiger partial charge >= 0.3 is 5.97 Å². The van der Waals surface area contributed by atoms with E-state index in [1.807, 2.05) is 60.7 Å². The average molecular weight is 264 g/mol. The molecule has 0 spiro atoms. The van der Waals surface area contributed by atoms with Gasteiger partial charge in [0.05, 0.1) is 0 Å². The fourth-order valence-electron chi connectivity index (χ4n) is 2.84. The average Bonchev–Trinajstić information content (AvgIpc) is 2.51. The van der Waals surface area contributed by atoms with Crippen molar-refractivity contribution < 1.29 is 9.53 Å². The van der Waals surface area contributed by atoms with Crippen LogP contribution >= 0.6 is 0 Å². The highest BCUT2D eigenvalue weighted by atomic mass is 16.5. The summed E-state index contributed by atoms with van der Waals surface area (Å²) in [6.45, 7) is 4.34. The lowest BCUT2D eigenvalue weighted by Crippen LogP contribution is -2.43. The Labute approximate surface area is 118 Å². The Morgan fingerprint density at radius 3 is 1.90 bits per heavy atom. The minimum absolute atomic E-state index is 0.192. The van der Waals surface area contributed by atoms with Crippen LogP contribution in [0.5, 0.6) is 0 Å². The van der Waals surface area contributed by atoms with E-state index in [2.05, 4.69) is 6.58 Å². The number of cyclic esters (lactones) is 1. The second-order valence-electron chi connectivity index (χ2n) is 5.14. The van der Waals surface area contributed by atoms with Crippen molar-refractivity contribution in [2.45, 2.75) is 11.8 Å². The predicted octanol–water partition coefficient (Wildman–Crippen LogP) is 3.48. The molecule has 0 amide bonds. The highest BCUT2D eigenvalue weighted by Gasteiger charge is 2.46. The maximum absolute atomic E-state index is 12.6. The summed E-state index contributed by atoms with van der Waals surface area (Å²) in [4.78, 5) is 12.6. The molecule has 1 aliphatic heterocycles. The van der Waals surface area contributed by atoms with Crippen LogP contribution in [0.4, 0.5) is 0 Å². The van der Waals surface area contributed by atoms with E-state index in [1.165, 1.54) is 0 Å². The van der Waals surface area contributed by atoms with Crippen molar-refractivity contribution in [1.82, 2.24) is 0 Å². The molecule has 1 fully saturated rings. The first kappa shape index (κ1) is 12.7. The lowest BCUT2D eigenvalue weighted by molar-refractivity contribution is -0.150. The summed E-state index contributed by atoms with van der Waals surface area (Å²) in [6, 6.07) is 19.6. The van der Waals surface area contributed by atoms with Crippen molar-refractivity contribution in [3.63, 3.8) is 0 Å². The SMILES string of the molecule is C=C1COC(=O)C(c2ccccc2)(c2ccccc2)C1. The molecule has 0 atom stereocenters. The van der Waals surface area contributed by atoms with Gasteiger partial charge in [0, 0.05) is 0 Å². The maximum atomic E-state index is 12.6. The van der Waals surface area contributed by atoms with E-state index in [0.29, 0.717) is 13.0 Å². The summed E-state index contributed by atoms with van der Waals surface area (Å²) in [7, 11) is 0. The zero-order valence-electron chi connectivity index (χ0n) is 11.2. The van der Waals surface area contributed by atoms with Crippen molar-refractivity contribution >= 4 is 5.97 Å². The van der Waals surface area contributed by atoms with Gasteiger partial charge in [0.1, 0.15) is 12.0 Å². The normalized spacial score (nSPS) is 17.6. The number of benzene rings is 2. The summed E-state index contributed by atoms with van der Waals surface area (Å²) in [5.74, 6) is -0.192. The number of esters is 1. The molecule has 1 aliphatic rings. The third-order valence-electron chi connectivity index (χ3n) is 3.80. The van der Waals surface area contributed by atoms with Crippen LogP contribution in [0, 0.1) is 0 Å². The lowest BCUT2D eigenvalue weighted by atomic mass is 9.69. The monoisotopic (exact) mass is 264 g/mol. The molecule has 20 heavy (non-hydrogen) atoms. The van der Waals surface area contributed by atoms with Crippen molar-refractivity contribution in [2.24, 2.45) is 0 Å². The molecule has 0 aromatic heterocycles. The first-order valence-corrected chi connectivity index (χ1v) is 6.68. The van der Waals surface area contributed by atoms with Crippen molar-refractivity contribution in [3.8, 4) is 0 Å². The molecule has 2 aromatic carbocycles. The Bertz CT molecular complexity index is 589. The third kappa shape index (κ3) is 1.94. The van der Waals surface area contributed by atoms with Crippen LogP contribution in [0.3, 0.4) is 0 Å². The molecule has 2 nitrogen and oxygen atoms in total. The van der Waals surface area contributed by atoms with Gasteiger partial charge in [-0.15, -0.1) is 0 Å². The molecule has 0 aliphatic carbocycles. The zero-order chi connectivity index (χ0) is 14.0. The van der Waals surface area contributed by atoms with Crippen LogP contribution in [0.1, 0.15) is 17.5 Å². The zero-order valence-corrected chi connectivity index (χ0v) is 11.2. The molecule has 0 unspecified atom stereocenters. The van der Waals surface area contributed by atoms with Crippen LogP contribution in [0.25, 0.3) is 0 Å². The van der Waals surface area contributed by atoms with Gasteiger partial charge in [-0.25, -0.2) is 0 Å². The van der Waals surface area contributed by atoms with Gasteiger partial charge in [-0.3, -0.25) is 4.79 Å². The molecule has 0 radical (unpaired) electrons. The standard InChI is InChI=1S/C18H16O2/c1-14-12-18(17(19)20-13-14,15-8-4-2-5-9-15)16-10-6-3-7-11-16/h2-11H,1,12-13H2. The summed E-state index contributed by atoms with van der Waals surface area (Å²) < 4.78 is 5.38. The number of hydrogen-bond donors (Lipinski definition) is 0. The van der Waals surface area contributed by atoms with E-state index in [9.17, 15) is 4.79 Å². The van der Waals surface area contributed by atoms with Gasteiger partial charge in [-0.05, 0) is 23.1 Å². The van der Waals surface area contributed by atoms with Gasteiger partial charge in [0.2, 0.25) is 0 Å². The van der Waals surface area contributed by atoms with E-state index in [-0.39, 0.29) is 5.97 Å². The predicted molar refractivity (Wildman–Crippen MR) is 78.4 cm³/mol. The Kier molecular flexibility index (Phi) is 3.15. The van der Waals surface area contributed by atoms with Crippen molar-refractivity contribution in [2.75, 3.05) is 6.61 Å². The van der Waals surface area contributed by atoms with Crippen LogP contribution in [0.15, 0.2) is 72.8 Å². The van der Waals surface area contributed by atoms with Crippen LogP contribution < -0.4 is 0 Å². The van der Waals surface area contributed by atoms with Crippen LogP contribution in [0.2, 0.25) is 0 Å². The summed E-state index contributed by atoms with van der Waals surface area (Å²) in [5.41, 5.74) is 2.09. The number of carbonyl (C=O) groups excluding carboxylic acids is 1. The third-order valence-corrected chi connectivity index (χ3v) is 3.80. The van der Waals surface area contributed by atoms with Gasteiger partial charge in [0.25, 0.3) is 0 Å². The second-order valence-corrected chi connectivity index (χ2v) is 5.14. The second kappa shape index (κ2) is 4.97. The Balaban J connectivity index is 2.22. The minimum atomic E-state index is -0.766. The fourth-order valence-corrected chi connectivity index (χ4v) is 2.84. The summed E-state index contributed by atoms with van der Waals surface area (Å²) in [5, 5.41) is 0. The first-order chi connectivity index (χ1) is 9.73. The molecule has 0 saturated carbocycles. The van der Waals surface area contributed by atoms with Crippen LogP contribution in [-0.2, 0) is 14.9 Å². The van der Waals surface area contributed by atoms with Gasteiger partial charge in [0.15, 0.2) is 0 Å². The highest BCUT2D eigenvalue weighted by Crippen LogP contribution is 2.41. The van der Waals surface area contributed by atoms with E-state index < -0.39 is 5.41 Å². The lowest BCUT2D eigenvalue weighted by Gasteiger charge is -2.37. The van der Waals surface area contributed by atoms with E-state index in [0.717, 1.165) is 16.7 Å². The topological polar surface area (TPSA) is 26.3 Å². The van der Waals surface area contributed by atoms with Gasteiger partial charge in [-0.1, -0.05) is 67.2 Å². The molecule has 0 N–H and O–H groups in total. The van der Waals surface area contributed by atoms with Crippen molar-refractivity contribution in [1.29, 1.82) is 0 Å². The Morgan fingerprint density at radius 2 is 1.40 bits per heavy atom. The fraction of sp³-hybridized carbons (Fsp3) is 0.167. The molecule has 100 valence electrons. The molecule has 2 heteroatoms. The molecule has 1 saturated heterocycles. The van der Waals surface area contributed by atoms with Crippen LogP contribution in [-0.4, -0.2) is 12.6 Å². The highest BCUT2D eigenvalue weighted by molar-refractivity contribution is 5.89. The molecule has 0 bridgehead atoms. The largest absolute Gasteiger partial charge is 0.460 e. The Hall–Kier alpha value is -2.35. The first-order valence-electron chi connectivity index (χ1n) is 6.68.